The molecule has 148 valence electrons. The smallest absolute Gasteiger partial charge is 0.317 e. The third-order valence-corrected chi connectivity index (χ3v) is 5.13. The van der Waals surface area contributed by atoms with Crippen LogP contribution < -0.4 is 10.6 Å². The van der Waals surface area contributed by atoms with Crippen LogP contribution in [-0.2, 0) is 0 Å². The van der Waals surface area contributed by atoms with Gasteiger partial charge in [-0.25, -0.2) is 4.79 Å². The van der Waals surface area contributed by atoms with E-state index in [1.165, 1.54) is 0 Å². The lowest BCUT2D eigenvalue weighted by molar-refractivity contribution is 0.102. The van der Waals surface area contributed by atoms with Crippen LogP contribution in [0.25, 0.3) is 0 Å². The van der Waals surface area contributed by atoms with E-state index in [0.29, 0.717) is 12.1 Å². The summed E-state index contributed by atoms with van der Waals surface area (Å²) in [6, 6.07) is 15.6. The standard InChI is InChI=1S/C23H29N3O2/c1-16(2)24-23(28)26-13-7-11-20(15-26)18-9-6-10-19(14-18)22(27)25-21-12-5-4-8-17(21)3/h4-6,8-10,12,14,16,20H,7,11,13,15H2,1-3H3,(H,24,28)(H,25,27). The van der Waals surface area contributed by atoms with Crippen molar-refractivity contribution in [2.45, 2.75) is 45.6 Å². The van der Waals surface area contributed by atoms with Gasteiger partial charge in [0, 0.05) is 36.3 Å². The van der Waals surface area contributed by atoms with Crippen LogP contribution in [0, 0.1) is 6.92 Å². The molecule has 0 saturated carbocycles. The first-order chi connectivity index (χ1) is 13.4. The van der Waals surface area contributed by atoms with Crippen molar-refractivity contribution < 1.29 is 9.59 Å². The normalized spacial score (nSPS) is 16.7. The Balaban J connectivity index is 1.71. The highest BCUT2D eigenvalue weighted by Crippen LogP contribution is 2.28. The lowest BCUT2D eigenvalue weighted by Gasteiger charge is -2.33. The molecule has 3 amide bonds. The molecule has 0 spiro atoms. The molecule has 0 aliphatic carbocycles. The van der Waals surface area contributed by atoms with E-state index in [-0.39, 0.29) is 23.9 Å². The Morgan fingerprint density at radius 3 is 2.64 bits per heavy atom. The van der Waals surface area contributed by atoms with Crippen molar-refractivity contribution in [1.29, 1.82) is 0 Å². The van der Waals surface area contributed by atoms with Crippen LogP contribution >= 0.6 is 0 Å². The molecule has 1 aliphatic heterocycles. The molecule has 2 aromatic carbocycles. The van der Waals surface area contributed by atoms with Crippen molar-refractivity contribution in [2.24, 2.45) is 0 Å². The Labute approximate surface area is 167 Å². The molecule has 0 radical (unpaired) electrons. The number of para-hydroxylation sites is 1. The number of hydrogen-bond acceptors (Lipinski definition) is 2. The molecular formula is C23H29N3O2. The van der Waals surface area contributed by atoms with E-state index in [2.05, 4.69) is 16.7 Å². The van der Waals surface area contributed by atoms with E-state index >= 15 is 0 Å². The van der Waals surface area contributed by atoms with Gasteiger partial charge in [-0.05, 0) is 62.9 Å². The number of aryl methyl sites for hydroxylation is 1. The van der Waals surface area contributed by atoms with Crippen LogP contribution in [0.4, 0.5) is 10.5 Å². The minimum absolute atomic E-state index is 0.00634. The highest BCUT2D eigenvalue weighted by Gasteiger charge is 2.25. The first kappa shape index (κ1) is 19.9. The second kappa shape index (κ2) is 8.91. The Morgan fingerprint density at radius 1 is 1.11 bits per heavy atom. The maximum Gasteiger partial charge on any atom is 0.317 e. The molecule has 1 fully saturated rings. The summed E-state index contributed by atoms with van der Waals surface area (Å²) in [5.74, 6) is 0.138. The second-order valence-corrected chi connectivity index (χ2v) is 7.78. The van der Waals surface area contributed by atoms with Crippen molar-refractivity contribution in [3.63, 3.8) is 0 Å². The van der Waals surface area contributed by atoms with Crippen LogP contribution in [0.2, 0.25) is 0 Å². The van der Waals surface area contributed by atoms with Gasteiger partial charge >= 0.3 is 6.03 Å². The maximum atomic E-state index is 12.7. The minimum atomic E-state index is -0.110. The predicted octanol–water partition coefficient (Wildman–Crippen LogP) is 4.54. The molecule has 5 heteroatoms. The van der Waals surface area contributed by atoms with Crippen molar-refractivity contribution in [3.8, 4) is 0 Å². The molecule has 1 unspecified atom stereocenters. The number of benzene rings is 2. The molecule has 3 rings (SSSR count). The number of hydrogen-bond donors (Lipinski definition) is 2. The number of likely N-dealkylation sites (tertiary alicyclic amines) is 1. The Hall–Kier alpha value is -2.82. The number of nitrogens with zero attached hydrogens (tertiary/aromatic N) is 1. The fourth-order valence-corrected chi connectivity index (χ4v) is 3.61. The summed E-state index contributed by atoms with van der Waals surface area (Å²) in [5, 5.41) is 5.96. The fraction of sp³-hybridized carbons (Fsp3) is 0.391. The fourth-order valence-electron chi connectivity index (χ4n) is 3.61. The van der Waals surface area contributed by atoms with Crippen LogP contribution in [0.15, 0.2) is 48.5 Å². The number of piperidine rings is 1. The van der Waals surface area contributed by atoms with Gasteiger partial charge in [-0.1, -0.05) is 30.3 Å². The van der Waals surface area contributed by atoms with Gasteiger partial charge in [0.05, 0.1) is 0 Å². The molecule has 1 atom stereocenters. The van der Waals surface area contributed by atoms with E-state index in [0.717, 1.165) is 36.2 Å². The monoisotopic (exact) mass is 379 g/mol. The summed E-state index contributed by atoms with van der Waals surface area (Å²) in [4.78, 5) is 26.9. The minimum Gasteiger partial charge on any atom is -0.336 e. The van der Waals surface area contributed by atoms with Crippen molar-refractivity contribution >= 4 is 17.6 Å². The molecule has 1 heterocycles. The van der Waals surface area contributed by atoms with Gasteiger partial charge in [0.25, 0.3) is 5.91 Å². The third kappa shape index (κ3) is 4.91. The van der Waals surface area contributed by atoms with Crippen LogP contribution in [0.5, 0.6) is 0 Å². The van der Waals surface area contributed by atoms with E-state index in [9.17, 15) is 9.59 Å². The van der Waals surface area contributed by atoms with Gasteiger partial charge < -0.3 is 15.5 Å². The zero-order valence-corrected chi connectivity index (χ0v) is 16.9. The highest BCUT2D eigenvalue weighted by molar-refractivity contribution is 6.04. The quantitative estimate of drug-likeness (QED) is 0.819. The number of nitrogens with one attached hydrogen (secondary N) is 2. The molecule has 2 aromatic rings. The molecule has 2 N–H and O–H groups in total. The summed E-state index contributed by atoms with van der Waals surface area (Å²) in [6.07, 6.45) is 1.99. The van der Waals surface area contributed by atoms with Crippen molar-refractivity contribution in [2.75, 3.05) is 18.4 Å². The van der Waals surface area contributed by atoms with Gasteiger partial charge in [0.2, 0.25) is 0 Å². The van der Waals surface area contributed by atoms with Gasteiger partial charge in [0.1, 0.15) is 0 Å². The first-order valence-electron chi connectivity index (χ1n) is 9.96. The van der Waals surface area contributed by atoms with Crippen LogP contribution in [-0.4, -0.2) is 36.0 Å². The van der Waals surface area contributed by atoms with E-state index in [1.807, 2.05) is 68.1 Å². The molecule has 28 heavy (non-hydrogen) atoms. The average Bonchev–Trinajstić information content (AvgIpc) is 2.69. The van der Waals surface area contributed by atoms with Gasteiger partial charge in [-0.15, -0.1) is 0 Å². The number of carbonyl (C=O) groups is 2. The van der Waals surface area contributed by atoms with Crippen LogP contribution in [0.1, 0.15) is 54.1 Å². The third-order valence-electron chi connectivity index (χ3n) is 5.13. The zero-order chi connectivity index (χ0) is 20.1. The predicted molar refractivity (Wildman–Crippen MR) is 113 cm³/mol. The lowest BCUT2D eigenvalue weighted by atomic mass is 9.89. The van der Waals surface area contributed by atoms with Gasteiger partial charge in [0.15, 0.2) is 0 Å². The zero-order valence-electron chi connectivity index (χ0n) is 16.9. The Kier molecular flexibility index (Phi) is 6.34. The summed E-state index contributed by atoms with van der Waals surface area (Å²) >= 11 is 0. The molecule has 5 nitrogen and oxygen atoms in total. The summed E-state index contributed by atoms with van der Waals surface area (Å²) in [5.41, 5.74) is 3.61. The number of urea groups is 1. The van der Waals surface area contributed by atoms with Crippen LogP contribution in [0.3, 0.4) is 0 Å². The molecule has 0 aromatic heterocycles. The topological polar surface area (TPSA) is 61.4 Å². The number of carbonyl (C=O) groups excluding carboxylic acids is 2. The SMILES string of the molecule is Cc1ccccc1NC(=O)c1cccc(C2CCCN(C(=O)NC(C)C)C2)c1. The van der Waals surface area contributed by atoms with Crippen molar-refractivity contribution in [3.05, 3.63) is 65.2 Å². The van der Waals surface area contributed by atoms with E-state index in [1.54, 1.807) is 0 Å². The molecule has 0 bridgehead atoms. The Bertz CT molecular complexity index is 847. The molecule has 1 saturated heterocycles. The van der Waals surface area contributed by atoms with Crippen molar-refractivity contribution in [1.82, 2.24) is 10.2 Å². The number of amides is 3. The maximum absolute atomic E-state index is 12.7. The lowest BCUT2D eigenvalue weighted by Crippen LogP contribution is -2.47. The van der Waals surface area contributed by atoms with E-state index in [4.69, 9.17) is 0 Å². The molecule has 1 aliphatic rings. The average molecular weight is 380 g/mol. The Morgan fingerprint density at radius 2 is 1.89 bits per heavy atom. The molecular weight excluding hydrogens is 350 g/mol. The summed E-state index contributed by atoms with van der Waals surface area (Å²) < 4.78 is 0. The summed E-state index contributed by atoms with van der Waals surface area (Å²) in [6.45, 7) is 7.38. The number of anilines is 1. The van der Waals surface area contributed by atoms with E-state index < -0.39 is 0 Å². The first-order valence-corrected chi connectivity index (χ1v) is 9.96. The number of rotatable bonds is 4. The highest BCUT2D eigenvalue weighted by atomic mass is 16.2. The van der Waals surface area contributed by atoms with Gasteiger partial charge in [-0.2, -0.15) is 0 Å². The largest absolute Gasteiger partial charge is 0.336 e. The summed E-state index contributed by atoms with van der Waals surface area (Å²) in [7, 11) is 0. The second-order valence-electron chi connectivity index (χ2n) is 7.78. The van der Waals surface area contributed by atoms with Gasteiger partial charge in [-0.3, -0.25) is 4.79 Å².